The normalized spacial score (nSPS) is 15.9. The first-order valence-corrected chi connectivity index (χ1v) is 11.6. The number of aryl methyl sites for hydroxylation is 2. The van der Waals surface area contributed by atoms with Crippen molar-refractivity contribution in [2.75, 3.05) is 9.80 Å². The fraction of sp³-hybridized carbons (Fsp3) is 0.143. The van der Waals surface area contributed by atoms with Crippen LogP contribution in [0.15, 0.2) is 78.4 Å². The second-order valence-electron chi connectivity index (χ2n) is 8.39. The van der Waals surface area contributed by atoms with Gasteiger partial charge in [0.1, 0.15) is 11.3 Å². The number of hydrogen-bond donors (Lipinski definition) is 1. The summed E-state index contributed by atoms with van der Waals surface area (Å²) >= 11 is 5.66. The molecule has 0 radical (unpaired) electrons. The fourth-order valence-electron chi connectivity index (χ4n) is 3.69. The van der Waals surface area contributed by atoms with Crippen molar-refractivity contribution >= 4 is 52.6 Å². The number of thiocarbonyl (C=S) groups is 1. The van der Waals surface area contributed by atoms with E-state index < -0.39 is 23.9 Å². The Balaban J connectivity index is 1.76. The maximum Gasteiger partial charge on any atom is 0.344 e. The van der Waals surface area contributed by atoms with Crippen LogP contribution in [0.4, 0.5) is 11.4 Å². The first-order chi connectivity index (χ1) is 17.2. The Kier molecular flexibility index (Phi) is 6.98. The van der Waals surface area contributed by atoms with Gasteiger partial charge in [0.25, 0.3) is 11.8 Å². The third-order valence-electron chi connectivity index (χ3n) is 5.86. The van der Waals surface area contributed by atoms with Crippen molar-refractivity contribution in [3.05, 3.63) is 95.1 Å². The summed E-state index contributed by atoms with van der Waals surface area (Å²) < 4.78 is 5.36. The monoisotopic (exact) mass is 500 g/mol. The summed E-state index contributed by atoms with van der Waals surface area (Å²) in [5.41, 5.74) is 3.69. The number of amides is 2. The van der Waals surface area contributed by atoms with Crippen molar-refractivity contribution in [1.82, 2.24) is 0 Å². The minimum absolute atomic E-state index is 0.0572. The van der Waals surface area contributed by atoms with Crippen molar-refractivity contribution in [3.8, 4) is 5.75 Å². The van der Waals surface area contributed by atoms with Gasteiger partial charge in [-0.2, -0.15) is 0 Å². The number of para-hydroxylation sites is 1. The number of carbonyl (C=O) groups excluding carboxylic acids is 2. The largest absolute Gasteiger partial charge is 0.479 e. The topological polar surface area (TPSA) is 87.1 Å². The quantitative estimate of drug-likeness (QED) is 0.294. The van der Waals surface area contributed by atoms with Gasteiger partial charge >= 0.3 is 5.97 Å². The average Bonchev–Trinajstić information content (AvgIpc) is 2.85. The zero-order chi connectivity index (χ0) is 26.0. The molecule has 36 heavy (non-hydrogen) atoms. The summed E-state index contributed by atoms with van der Waals surface area (Å²) in [6.07, 6.45) is 0.489. The summed E-state index contributed by atoms with van der Waals surface area (Å²) in [5.74, 6) is -1.78. The molecule has 1 aliphatic rings. The lowest BCUT2D eigenvalue weighted by Gasteiger charge is -2.36. The molecule has 3 aromatic carbocycles. The summed E-state index contributed by atoms with van der Waals surface area (Å²) in [6.45, 7) is 5.35. The lowest BCUT2D eigenvalue weighted by Crippen LogP contribution is -2.57. The van der Waals surface area contributed by atoms with Gasteiger partial charge < -0.3 is 9.84 Å². The summed E-state index contributed by atoms with van der Waals surface area (Å²) in [4.78, 5) is 41.0. The van der Waals surface area contributed by atoms with Crippen LogP contribution >= 0.6 is 12.2 Å². The zero-order valence-electron chi connectivity index (χ0n) is 20.0. The third-order valence-corrected chi connectivity index (χ3v) is 6.23. The van der Waals surface area contributed by atoms with Crippen LogP contribution in [0, 0.1) is 13.8 Å². The van der Waals surface area contributed by atoms with E-state index in [1.807, 2.05) is 32.0 Å². The molecule has 8 heteroatoms. The van der Waals surface area contributed by atoms with Gasteiger partial charge in [0.15, 0.2) is 11.2 Å². The second-order valence-corrected chi connectivity index (χ2v) is 8.76. The molecule has 0 aliphatic carbocycles. The Labute approximate surface area is 214 Å². The van der Waals surface area contributed by atoms with Crippen molar-refractivity contribution in [3.63, 3.8) is 0 Å². The first kappa shape index (κ1) is 24.8. The van der Waals surface area contributed by atoms with Gasteiger partial charge in [0, 0.05) is 0 Å². The van der Waals surface area contributed by atoms with E-state index in [0.717, 1.165) is 11.1 Å². The van der Waals surface area contributed by atoms with Crippen LogP contribution < -0.4 is 14.5 Å². The van der Waals surface area contributed by atoms with E-state index in [1.54, 1.807) is 54.6 Å². The number of anilines is 2. The molecule has 2 amide bonds. The number of carbonyl (C=O) groups is 3. The highest BCUT2D eigenvalue weighted by atomic mass is 32.1. The smallest absolute Gasteiger partial charge is 0.344 e. The van der Waals surface area contributed by atoms with Gasteiger partial charge in [-0.1, -0.05) is 36.4 Å². The average molecular weight is 501 g/mol. The Bertz CT molecular complexity index is 1380. The molecule has 1 fully saturated rings. The minimum atomic E-state index is -1.08. The van der Waals surface area contributed by atoms with E-state index in [2.05, 4.69) is 0 Å². The summed E-state index contributed by atoms with van der Waals surface area (Å²) in [6, 6.07) is 21.0. The van der Waals surface area contributed by atoms with Crippen LogP contribution in [0.3, 0.4) is 0 Å². The Morgan fingerprint density at radius 2 is 1.50 bits per heavy atom. The maximum absolute atomic E-state index is 13.6. The van der Waals surface area contributed by atoms with E-state index >= 15 is 0 Å². The van der Waals surface area contributed by atoms with Gasteiger partial charge in [-0.25, -0.2) is 4.79 Å². The lowest BCUT2D eigenvalue weighted by molar-refractivity contribution is -0.144. The number of carboxylic acid groups (broad SMARTS) is 1. The van der Waals surface area contributed by atoms with E-state index in [-0.39, 0.29) is 10.7 Å². The van der Waals surface area contributed by atoms with Crippen LogP contribution in [0.5, 0.6) is 5.75 Å². The fourth-order valence-corrected chi connectivity index (χ4v) is 4.07. The number of hydrogen-bond acceptors (Lipinski definition) is 5. The van der Waals surface area contributed by atoms with Crippen LogP contribution in [-0.2, 0) is 14.4 Å². The predicted octanol–water partition coefficient (Wildman–Crippen LogP) is 4.90. The molecule has 0 bridgehead atoms. The Morgan fingerprint density at radius 3 is 2.08 bits per heavy atom. The molecule has 0 spiro atoms. The van der Waals surface area contributed by atoms with Crippen LogP contribution in [0.25, 0.3) is 6.08 Å². The number of benzene rings is 3. The molecule has 1 saturated heterocycles. The van der Waals surface area contributed by atoms with Gasteiger partial charge in [0.05, 0.1) is 11.4 Å². The van der Waals surface area contributed by atoms with Crippen molar-refractivity contribution in [2.24, 2.45) is 0 Å². The lowest BCUT2D eigenvalue weighted by atomic mass is 10.0. The molecule has 1 heterocycles. The maximum atomic E-state index is 13.6. The molecule has 0 aromatic heterocycles. The van der Waals surface area contributed by atoms with Crippen LogP contribution in [-0.4, -0.2) is 34.1 Å². The Morgan fingerprint density at radius 1 is 0.889 bits per heavy atom. The number of nitrogens with zero attached hydrogens (tertiary/aromatic N) is 2. The van der Waals surface area contributed by atoms with E-state index in [0.29, 0.717) is 22.7 Å². The highest BCUT2D eigenvalue weighted by Crippen LogP contribution is 2.31. The zero-order valence-corrected chi connectivity index (χ0v) is 20.8. The SMILES string of the molecule is Cc1ccc(N2C(=O)/C(=C\c3ccc(O[C@@H](C)C(=O)O)cc3)C(=O)N(c3ccccc3)C2=S)cc1C. The van der Waals surface area contributed by atoms with Crippen LogP contribution in [0.2, 0.25) is 0 Å². The van der Waals surface area contributed by atoms with Crippen molar-refractivity contribution in [2.45, 2.75) is 26.9 Å². The first-order valence-electron chi connectivity index (χ1n) is 11.2. The van der Waals surface area contributed by atoms with Crippen LogP contribution in [0.1, 0.15) is 23.6 Å². The summed E-state index contributed by atoms with van der Waals surface area (Å²) in [7, 11) is 0. The van der Waals surface area contributed by atoms with Gasteiger partial charge in [0.2, 0.25) is 0 Å². The minimum Gasteiger partial charge on any atom is -0.479 e. The summed E-state index contributed by atoms with van der Waals surface area (Å²) in [5, 5.41) is 9.11. The molecule has 0 saturated carbocycles. The molecule has 3 aromatic rings. The van der Waals surface area contributed by atoms with Gasteiger partial charge in [-0.15, -0.1) is 0 Å². The molecule has 1 atom stereocenters. The third kappa shape index (κ3) is 4.89. The van der Waals surface area contributed by atoms with Crippen molar-refractivity contribution in [1.29, 1.82) is 0 Å². The molecule has 182 valence electrons. The molecule has 1 N–H and O–H groups in total. The van der Waals surface area contributed by atoms with Gasteiger partial charge in [-0.05, 0) is 92.2 Å². The standard InChI is InChI=1S/C28H24N2O5S/c1-17-9-12-22(15-18(17)2)30-26(32)24(25(31)29(28(30)36)21-7-5-4-6-8-21)16-20-10-13-23(14-11-20)35-19(3)27(33)34/h4-16,19H,1-3H3,(H,33,34)/b24-16-/t19-/m0/s1. The van der Waals surface area contributed by atoms with E-state index in [1.165, 1.54) is 22.8 Å². The molecular formula is C28H24N2O5S. The number of aliphatic carboxylic acids is 1. The van der Waals surface area contributed by atoms with E-state index in [9.17, 15) is 14.4 Å². The van der Waals surface area contributed by atoms with Crippen molar-refractivity contribution < 1.29 is 24.2 Å². The number of ether oxygens (including phenoxy) is 1. The molecule has 7 nitrogen and oxygen atoms in total. The van der Waals surface area contributed by atoms with Gasteiger partial charge in [-0.3, -0.25) is 19.4 Å². The Hall–Kier alpha value is -4.30. The second kappa shape index (κ2) is 10.1. The number of rotatable bonds is 6. The number of carboxylic acids is 1. The molecule has 1 aliphatic heterocycles. The van der Waals surface area contributed by atoms with E-state index in [4.69, 9.17) is 22.1 Å². The highest BCUT2D eigenvalue weighted by Gasteiger charge is 2.41. The molecular weight excluding hydrogens is 476 g/mol. The molecule has 0 unspecified atom stereocenters. The predicted molar refractivity (Wildman–Crippen MR) is 142 cm³/mol. The molecule has 4 rings (SSSR count). The highest BCUT2D eigenvalue weighted by molar-refractivity contribution is 7.81.